The Hall–Kier alpha value is -7.52. The van der Waals surface area contributed by atoms with Gasteiger partial charge in [-0.15, -0.1) is 11.3 Å². The van der Waals surface area contributed by atoms with Gasteiger partial charge in [0.05, 0.1) is 11.1 Å². The summed E-state index contributed by atoms with van der Waals surface area (Å²) < 4.78 is 2.59. The molecule has 1 aromatic heterocycles. The zero-order valence-electron chi connectivity index (χ0n) is 33.4. The highest BCUT2D eigenvalue weighted by atomic mass is 32.1. The third-order valence-corrected chi connectivity index (χ3v) is 13.9. The maximum absolute atomic E-state index is 2.49. The molecule has 0 amide bonds. The molecule has 1 aliphatic rings. The van der Waals surface area contributed by atoms with E-state index in [1.807, 2.05) is 11.3 Å². The first kappa shape index (κ1) is 35.4. The molecule has 0 N–H and O–H groups in total. The maximum Gasteiger partial charge on any atom is 0.0714 e. The van der Waals surface area contributed by atoms with Crippen LogP contribution in [0.5, 0.6) is 0 Å². The van der Waals surface area contributed by atoms with Crippen molar-refractivity contribution in [3.63, 3.8) is 0 Å². The van der Waals surface area contributed by atoms with Crippen molar-refractivity contribution in [1.29, 1.82) is 0 Å². The van der Waals surface area contributed by atoms with Crippen molar-refractivity contribution >= 4 is 59.3 Å². The van der Waals surface area contributed by atoms with E-state index in [4.69, 9.17) is 0 Å². The molecule has 11 aromatic rings. The Morgan fingerprint density at radius 3 is 1.75 bits per heavy atom. The lowest BCUT2D eigenvalue weighted by Gasteiger charge is -2.34. The van der Waals surface area contributed by atoms with E-state index in [1.165, 1.54) is 86.6 Å². The van der Waals surface area contributed by atoms with Crippen LogP contribution in [-0.4, -0.2) is 0 Å². The standard InChI is InChI=1S/C59H39NS/c1-3-20-44(21-4-1)59(45-22-5-2-6-23-45)53-28-11-9-26-52(53)58-54(59)29-15-30-55(58)60(47-36-37-51-50-25-10-12-31-56(50)61-57(51)39-47)46-34-32-40(33-35-46)42-18-13-19-43(38-42)49-27-14-17-41-16-7-8-24-48(41)49/h1-39H. The molecule has 61 heavy (non-hydrogen) atoms. The Kier molecular flexibility index (Phi) is 8.33. The molecule has 0 saturated carbocycles. The maximum atomic E-state index is 2.49. The van der Waals surface area contributed by atoms with Crippen molar-refractivity contribution in [3.05, 3.63) is 259 Å². The zero-order valence-corrected chi connectivity index (χ0v) is 34.2. The molecule has 0 fully saturated rings. The second-order valence-electron chi connectivity index (χ2n) is 16.0. The lowest BCUT2D eigenvalue weighted by Crippen LogP contribution is -2.28. The van der Waals surface area contributed by atoms with Crippen LogP contribution in [0.3, 0.4) is 0 Å². The van der Waals surface area contributed by atoms with Crippen molar-refractivity contribution < 1.29 is 0 Å². The highest BCUT2D eigenvalue weighted by Crippen LogP contribution is 2.59. The summed E-state index contributed by atoms with van der Waals surface area (Å²) in [5.41, 5.74) is 15.4. The fourth-order valence-electron chi connectivity index (χ4n) is 10.1. The SMILES string of the molecule is c1ccc(C2(c3ccccc3)c3ccccc3-c3c(N(c4ccc(-c5cccc(-c6cccc7ccccc67)c5)cc4)c4ccc5c(c4)sc4ccccc45)cccc32)cc1. The van der Waals surface area contributed by atoms with E-state index in [0.29, 0.717) is 0 Å². The molecule has 0 radical (unpaired) electrons. The minimum atomic E-state index is -0.496. The van der Waals surface area contributed by atoms with Crippen LogP contribution in [0.15, 0.2) is 237 Å². The first-order chi connectivity index (χ1) is 30.3. The van der Waals surface area contributed by atoms with Crippen LogP contribution >= 0.6 is 11.3 Å². The Labute approximate surface area is 360 Å². The molecule has 0 atom stereocenters. The lowest BCUT2D eigenvalue weighted by molar-refractivity contribution is 0.768. The molecule has 1 heterocycles. The smallest absolute Gasteiger partial charge is 0.0714 e. The zero-order chi connectivity index (χ0) is 40.3. The van der Waals surface area contributed by atoms with Crippen LogP contribution in [0.25, 0.3) is 64.3 Å². The van der Waals surface area contributed by atoms with E-state index in [-0.39, 0.29) is 0 Å². The van der Waals surface area contributed by atoms with E-state index in [1.54, 1.807) is 0 Å². The fourth-order valence-corrected chi connectivity index (χ4v) is 11.2. The number of anilines is 3. The third-order valence-electron chi connectivity index (χ3n) is 12.7. The van der Waals surface area contributed by atoms with Gasteiger partial charge in [0.1, 0.15) is 0 Å². The van der Waals surface area contributed by atoms with E-state index in [9.17, 15) is 0 Å². The van der Waals surface area contributed by atoms with E-state index in [0.717, 1.165) is 17.1 Å². The van der Waals surface area contributed by atoms with Gasteiger partial charge in [0.2, 0.25) is 0 Å². The van der Waals surface area contributed by atoms with Crippen LogP contribution in [0, 0.1) is 0 Å². The molecule has 0 saturated heterocycles. The molecule has 286 valence electrons. The lowest BCUT2D eigenvalue weighted by atomic mass is 9.68. The summed E-state index contributed by atoms with van der Waals surface area (Å²) in [6.45, 7) is 0. The average Bonchev–Trinajstić information content (AvgIpc) is 3.86. The van der Waals surface area contributed by atoms with Gasteiger partial charge in [0, 0.05) is 37.1 Å². The van der Waals surface area contributed by atoms with Crippen LogP contribution in [-0.2, 0) is 5.41 Å². The van der Waals surface area contributed by atoms with Crippen molar-refractivity contribution in [3.8, 4) is 33.4 Å². The molecule has 1 nitrogen and oxygen atoms in total. The number of hydrogen-bond acceptors (Lipinski definition) is 2. The minimum Gasteiger partial charge on any atom is -0.310 e. The number of rotatable bonds is 7. The summed E-state index contributed by atoms with van der Waals surface area (Å²) in [5, 5.41) is 5.12. The van der Waals surface area contributed by atoms with Gasteiger partial charge < -0.3 is 4.90 Å². The second-order valence-corrected chi connectivity index (χ2v) is 17.1. The molecule has 10 aromatic carbocycles. The number of hydrogen-bond donors (Lipinski definition) is 0. The fraction of sp³-hybridized carbons (Fsp3) is 0.0169. The quantitative estimate of drug-likeness (QED) is 0.155. The van der Waals surface area contributed by atoms with Crippen molar-refractivity contribution in [2.24, 2.45) is 0 Å². The second kappa shape index (κ2) is 14.3. The van der Waals surface area contributed by atoms with E-state index in [2.05, 4.69) is 241 Å². The van der Waals surface area contributed by atoms with Gasteiger partial charge in [0.25, 0.3) is 0 Å². The highest BCUT2D eigenvalue weighted by molar-refractivity contribution is 7.25. The van der Waals surface area contributed by atoms with Crippen molar-refractivity contribution in [2.45, 2.75) is 5.41 Å². The van der Waals surface area contributed by atoms with E-state index >= 15 is 0 Å². The summed E-state index contributed by atoms with van der Waals surface area (Å²) in [6.07, 6.45) is 0. The molecular weight excluding hydrogens is 755 g/mol. The van der Waals surface area contributed by atoms with Gasteiger partial charge in [0.15, 0.2) is 0 Å². The molecule has 0 bridgehead atoms. The Bertz CT molecular complexity index is 3370. The Balaban J connectivity index is 1.06. The van der Waals surface area contributed by atoms with E-state index < -0.39 is 5.41 Å². The molecule has 12 rings (SSSR count). The van der Waals surface area contributed by atoms with Crippen LogP contribution in [0.2, 0.25) is 0 Å². The number of benzene rings is 10. The number of nitrogens with zero attached hydrogens (tertiary/aromatic N) is 1. The summed E-state index contributed by atoms with van der Waals surface area (Å²) >= 11 is 1.87. The van der Waals surface area contributed by atoms with Crippen LogP contribution < -0.4 is 4.90 Å². The van der Waals surface area contributed by atoms with Gasteiger partial charge >= 0.3 is 0 Å². The predicted octanol–water partition coefficient (Wildman–Crippen LogP) is 16.4. The minimum absolute atomic E-state index is 0.496. The highest BCUT2D eigenvalue weighted by Gasteiger charge is 2.47. The normalized spacial score (nSPS) is 12.7. The monoisotopic (exact) mass is 793 g/mol. The molecular formula is C59H39NS. The molecule has 2 heteroatoms. The molecule has 0 unspecified atom stereocenters. The summed E-state index contributed by atoms with van der Waals surface area (Å²) in [6, 6.07) is 87.3. The van der Waals surface area contributed by atoms with Gasteiger partial charge in [-0.2, -0.15) is 0 Å². The van der Waals surface area contributed by atoms with Crippen molar-refractivity contribution in [2.75, 3.05) is 4.90 Å². The van der Waals surface area contributed by atoms with Crippen LogP contribution in [0.4, 0.5) is 17.1 Å². The third kappa shape index (κ3) is 5.60. The van der Waals surface area contributed by atoms with Crippen molar-refractivity contribution in [1.82, 2.24) is 0 Å². The summed E-state index contributed by atoms with van der Waals surface area (Å²) in [7, 11) is 0. The molecule has 0 aliphatic heterocycles. The average molecular weight is 794 g/mol. The number of thiophene rings is 1. The summed E-state index contributed by atoms with van der Waals surface area (Å²) in [5.74, 6) is 0. The topological polar surface area (TPSA) is 3.24 Å². The van der Waals surface area contributed by atoms with Crippen LogP contribution in [0.1, 0.15) is 22.3 Å². The summed E-state index contributed by atoms with van der Waals surface area (Å²) in [4.78, 5) is 2.49. The molecule has 1 aliphatic carbocycles. The van der Waals surface area contributed by atoms with Gasteiger partial charge in [-0.05, 0) is 103 Å². The van der Waals surface area contributed by atoms with Gasteiger partial charge in [-0.3, -0.25) is 0 Å². The largest absolute Gasteiger partial charge is 0.310 e. The van der Waals surface area contributed by atoms with Gasteiger partial charge in [-0.1, -0.05) is 194 Å². The number of fused-ring (bicyclic) bond motifs is 7. The van der Waals surface area contributed by atoms with Gasteiger partial charge in [-0.25, -0.2) is 0 Å². The first-order valence-electron chi connectivity index (χ1n) is 21.0. The first-order valence-corrected chi connectivity index (χ1v) is 21.8. The Morgan fingerprint density at radius 2 is 0.934 bits per heavy atom. The predicted molar refractivity (Wildman–Crippen MR) is 260 cm³/mol. The molecule has 0 spiro atoms. The Morgan fingerprint density at radius 1 is 0.344 bits per heavy atom.